The zero-order valence-electron chi connectivity index (χ0n) is 16.6. The first-order valence-corrected chi connectivity index (χ1v) is 10.6. The van der Waals surface area contributed by atoms with Crippen molar-refractivity contribution in [2.75, 3.05) is 31.6 Å². The lowest BCUT2D eigenvalue weighted by Gasteiger charge is -2.62. The highest BCUT2D eigenvalue weighted by Gasteiger charge is 2.67. The van der Waals surface area contributed by atoms with Crippen molar-refractivity contribution in [2.45, 2.75) is 56.6 Å². The Morgan fingerprint density at radius 3 is 2.89 bits per heavy atom. The van der Waals surface area contributed by atoms with Gasteiger partial charge in [0.1, 0.15) is 0 Å². The van der Waals surface area contributed by atoms with Gasteiger partial charge in [0.15, 0.2) is 6.29 Å². The van der Waals surface area contributed by atoms with Gasteiger partial charge in [0, 0.05) is 35.5 Å². The third kappa shape index (κ3) is 2.26. The van der Waals surface area contributed by atoms with Gasteiger partial charge in [0.05, 0.1) is 18.8 Å². The maximum Gasteiger partial charge on any atom is 0.160 e. The molecule has 2 bridgehead atoms. The number of ether oxygens (including phenoxy) is 2. The zero-order chi connectivity index (χ0) is 18.8. The molecule has 0 spiro atoms. The van der Waals surface area contributed by atoms with E-state index in [-0.39, 0.29) is 23.5 Å². The van der Waals surface area contributed by atoms with Crippen molar-refractivity contribution in [2.24, 2.45) is 17.8 Å². The van der Waals surface area contributed by atoms with Gasteiger partial charge in [0.25, 0.3) is 0 Å². The van der Waals surface area contributed by atoms with E-state index in [4.69, 9.17) is 9.47 Å². The second-order valence-corrected chi connectivity index (χ2v) is 8.84. The van der Waals surface area contributed by atoms with Crippen molar-refractivity contribution in [1.29, 1.82) is 0 Å². The molecule has 3 heterocycles. The predicted molar refractivity (Wildman–Crippen MR) is 105 cm³/mol. The molecule has 148 valence electrons. The van der Waals surface area contributed by atoms with E-state index in [1.807, 2.05) is 7.05 Å². The van der Waals surface area contributed by atoms with Crippen molar-refractivity contribution in [1.82, 2.24) is 5.32 Å². The van der Waals surface area contributed by atoms with E-state index in [0.29, 0.717) is 17.9 Å². The number of para-hydroxylation sites is 1. The lowest BCUT2D eigenvalue weighted by molar-refractivity contribution is -0.297. The summed E-state index contributed by atoms with van der Waals surface area (Å²) in [5.74, 6) is 0.994. The third-order valence-corrected chi connectivity index (χ3v) is 7.95. The Morgan fingerprint density at radius 1 is 1.30 bits per heavy atom. The van der Waals surface area contributed by atoms with Crippen molar-refractivity contribution in [3.63, 3.8) is 0 Å². The number of nitrogens with one attached hydrogen (secondary N) is 1. The quantitative estimate of drug-likeness (QED) is 0.848. The molecule has 5 rings (SSSR count). The summed E-state index contributed by atoms with van der Waals surface area (Å²) in [7, 11) is 2.02. The topological polar surface area (TPSA) is 54.0 Å². The number of anilines is 1. The molecule has 4 aliphatic rings. The van der Waals surface area contributed by atoms with Crippen LogP contribution in [0.15, 0.2) is 24.3 Å². The molecule has 27 heavy (non-hydrogen) atoms. The molecule has 2 saturated heterocycles. The van der Waals surface area contributed by atoms with Gasteiger partial charge in [-0.3, -0.25) is 0 Å². The average molecular weight is 373 g/mol. The zero-order valence-corrected chi connectivity index (χ0v) is 16.6. The van der Waals surface area contributed by atoms with E-state index in [0.717, 1.165) is 32.5 Å². The van der Waals surface area contributed by atoms with Crippen LogP contribution in [0.1, 0.15) is 32.3 Å². The lowest BCUT2D eigenvalue weighted by Crippen LogP contribution is -2.70. The van der Waals surface area contributed by atoms with Crippen molar-refractivity contribution < 1.29 is 14.6 Å². The molecule has 5 nitrogen and oxygen atoms in total. The van der Waals surface area contributed by atoms with Crippen molar-refractivity contribution in [3.05, 3.63) is 29.8 Å². The molecule has 0 unspecified atom stereocenters. The summed E-state index contributed by atoms with van der Waals surface area (Å²) in [5.41, 5.74) is 2.66. The van der Waals surface area contributed by atoms with E-state index in [9.17, 15) is 5.11 Å². The second-order valence-electron chi connectivity index (χ2n) is 8.84. The summed E-state index contributed by atoms with van der Waals surface area (Å²) in [5, 5.41) is 14.3. The molecule has 0 aromatic heterocycles. The fourth-order valence-electron chi connectivity index (χ4n) is 6.95. The lowest BCUT2D eigenvalue weighted by atomic mass is 9.53. The maximum atomic E-state index is 10.9. The number of nitrogens with zero attached hydrogens (tertiary/aromatic N) is 1. The Balaban J connectivity index is 1.69. The minimum atomic E-state index is -0.721. The minimum Gasteiger partial charge on any atom is -0.378 e. The van der Waals surface area contributed by atoms with Crippen molar-refractivity contribution in [3.8, 4) is 0 Å². The fraction of sp³-hybridized carbons (Fsp3) is 0.727. The standard InChI is InChI=1S/C22H32N2O3/c1-4-24-17-8-6-5-7-16(17)22(9-10-23-3)18-11-14-15(20(22)24)12-26-13(2)19(14)21(25)27-18/h5-8,13-15,18-21,23,25H,4,9-12H2,1-3H3/t13-,14-,15-,18+,19+,20+,21+,22-/m1/s1. The Kier molecular flexibility index (Phi) is 4.28. The molecular weight excluding hydrogens is 340 g/mol. The first kappa shape index (κ1) is 17.9. The van der Waals surface area contributed by atoms with Gasteiger partial charge < -0.3 is 24.8 Å². The number of fused-ring (bicyclic) bond motifs is 6. The Labute approximate surface area is 162 Å². The second kappa shape index (κ2) is 6.45. The van der Waals surface area contributed by atoms with Crippen LogP contribution < -0.4 is 10.2 Å². The van der Waals surface area contributed by atoms with Gasteiger partial charge in [-0.05, 0) is 57.8 Å². The van der Waals surface area contributed by atoms with Gasteiger partial charge in [-0.15, -0.1) is 0 Å². The van der Waals surface area contributed by atoms with Gasteiger partial charge >= 0.3 is 0 Å². The van der Waals surface area contributed by atoms with Crippen LogP contribution in [0.4, 0.5) is 5.69 Å². The van der Waals surface area contributed by atoms with E-state index in [2.05, 4.69) is 48.3 Å². The molecule has 1 aromatic carbocycles. The summed E-state index contributed by atoms with van der Waals surface area (Å²) in [6, 6.07) is 9.24. The van der Waals surface area contributed by atoms with Crippen LogP contribution >= 0.6 is 0 Å². The maximum absolute atomic E-state index is 10.9. The number of aliphatic hydroxyl groups excluding tert-OH is 1. The Morgan fingerprint density at radius 2 is 2.11 bits per heavy atom. The number of rotatable bonds is 4. The largest absolute Gasteiger partial charge is 0.378 e. The summed E-state index contributed by atoms with van der Waals surface area (Å²) in [6.45, 7) is 7.07. The highest BCUT2D eigenvalue weighted by atomic mass is 16.6. The fourth-order valence-corrected chi connectivity index (χ4v) is 6.95. The highest BCUT2D eigenvalue weighted by molar-refractivity contribution is 5.66. The van der Waals surface area contributed by atoms with Crippen LogP contribution in [0.3, 0.4) is 0 Å². The van der Waals surface area contributed by atoms with Crippen LogP contribution in [0, 0.1) is 17.8 Å². The number of likely N-dealkylation sites (N-methyl/N-ethyl adjacent to an activating group) is 1. The molecule has 0 amide bonds. The number of aliphatic hydroxyl groups is 1. The molecule has 1 aliphatic carbocycles. The molecule has 0 radical (unpaired) electrons. The normalized spacial score (nSPS) is 44.7. The van der Waals surface area contributed by atoms with Crippen LogP contribution in [0.25, 0.3) is 0 Å². The van der Waals surface area contributed by atoms with Crippen LogP contribution in [-0.4, -0.2) is 56.4 Å². The van der Waals surface area contributed by atoms with E-state index in [1.54, 1.807) is 0 Å². The summed E-state index contributed by atoms with van der Waals surface area (Å²) < 4.78 is 12.6. The van der Waals surface area contributed by atoms with Gasteiger partial charge in [0.2, 0.25) is 0 Å². The average Bonchev–Trinajstić information content (AvgIpc) is 2.97. The molecule has 1 saturated carbocycles. The van der Waals surface area contributed by atoms with Crippen LogP contribution in [-0.2, 0) is 14.9 Å². The van der Waals surface area contributed by atoms with E-state index >= 15 is 0 Å². The highest BCUT2D eigenvalue weighted by Crippen LogP contribution is 2.62. The van der Waals surface area contributed by atoms with Crippen LogP contribution in [0.2, 0.25) is 0 Å². The molecule has 5 heteroatoms. The van der Waals surface area contributed by atoms with Crippen LogP contribution in [0.5, 0.6) is 0 Å². The third-order valence-electron chi connectivity index (χ3n) is 7.95. The molecular formula is C22H32N2O3. The smallest absolute Gasteiger partial charge is 0.160 e. The van der Waals surface area contributed by atoms with Gasteiger partial charge in [-0.2, -0.15) is 0 Å². The Hall–Kier alpha value is -1.14. The van der Waals surface area contributed by atoms with Gasteiger partial charge in [-0.25, -0.2) is 0 Å². The molecule has 3 fully saturated rings. The van der Waals surface area contributed by atoms with Crippen molar-refractivity contribution >= 4 is 5.69 Å². The summed E-state index contributed by atoms with van der Waals surface area (Å²) >= 11 is 0. The monoisotopic (exact) mass is 372 g/mol. The predicted octanol–water partition coefficient (Wildman–Crippen LogP) is 2.13. The van der Waals surface area contributed by atoms with E-state index < -0.39 is 6.29 Å². The summed E-state index contributed by atoms with van der Waals surface area (Å²) in [4.78, 5) is 2.60. The van der Waals surface area contributed by atoms with E-state index in [1.165, 1.54) is 11.3 Å². The molecule has 3 aliphatic heterocycles. The first-order valence-electron chi connectivity index (χ1n) is 10.6. The molecule has 1 aromatic rings. The number of hydrogen-bond donors (Lipinski definition) is 2. The Bertz CT molecular complexity index is 713. The summed E-state index contributed by atoms with van der Waals surface area (Å²) in [6.07, 6.45) is 1.45. The van der Waals surface area contributed by atoms with Gasteiger partial charge in [-0.1, -0.05) is 18.2 Å². The minimum absolute atomic E-state index is 0.0610. The molecule has 8 atom stereocenters. The molecule has 2 N–H and O–H groups in total. The number of hydrogen-bond acceptors (Lipinski definition) is 5. The number of benzene rings is 1. The first-order chi connectivity index (χ1) is 13.1. The SMILES string of the molecule is CCN1c2ccccc2[C@]2(CCNC)[C@@H]3C[C@@H]4[C@@H](CO[C@H](C)[C@@H]4[C@@H](O)O3)[C@H]12.